The second kappa shape index (κ2) is 19.4. The van der Waals surface area contributed by atoms with Gasteiger partial charge >= 0.3 is 6.09 Å². The molecule has 0 spiro atoms. The van der Waals surface area contributed by atoms with E-state index in [4.69, 9.17) is 25.0 Å². The van der Waals surface area contributed by atoms with E-state index in [0.717, 1.165) is 5.56 Å². The molecule has 5 N–H and O–H groups in total. The van der Waals surface area contributed by atoms with Gasteiger partial charge < -0.3 is 30.4 Å². The first kappa shape index (κ1) is 46.9. The molecule has 20 heteroatoms. The minimum atomic E-state index is -4.97. The van der Waals surface area contributed by atoms with Crippen molar-refractivity contribution in [1.82, 2.24) is 39.5 Å². The van der Waals surface area contributed by atoms with Crippen LogP contribution in [-0.2, 0) is 45.1 Å². The summed E-state index contributed by atoms with van der Waals surface area (Å²) in [5.41, 5.74) is 8.00. The van der Waals surface area contributed by atoms with Crippen molar-refractivity contribution in [2.75, 3.05) is 33.6 Å². The summed E-state index contributed by atoms with van der Waals surface area (Å²) in [7, 11) is -5.21. The molecule has 4 aromatic carbocycles. The fourth-order valence-electron chi connectivity index (χ4n) is 6.86. The second-order valence-electron chi connectivity index (χ2n) is 15.9. The molecule has 0 aliphatic carbocycles. The van der Waals surface area contributed by atoms with Gasteiger partial charge in [0.15, 0.2) is 0 Å². The number of amides is 1. The number of carbonyl (C=O) groups is 1. The number of benzene rings is 4. The number of nitrogen functional groups attached to an aromatic ring is 1. The number of aromatic nitrogens is 5. The zero-order chi connectivity index (χ0) is 46.4. The molecule has 64 heavy (non-hydrogen) atoms. The fourth-order valence-corrected chi connectivity index (χ4v) is 10.4. The van der Waals surface area contributed by atoms with Gasteiger partial charge in [-0.15, -0.1) is 10.2 Å². The van der Waals surface area contributed by atoms with Crippen molar-refractivity contribution in [3.8, 4) is 39.8 Å². The van der Waals surface area contributed by atoms with Crippen LogP contribution >= 0.6 is 0 Å². The smallest absolute Gasteiger partial charge is 0.404 e. The molecule has 1 atom stereocenters. The zero-order valence-corrected chi connectivity index (χ0v) is 38.1. The summed E-state index contributed by atoms with van der Waals surface area (Å²) >= 11 is 0. The Balaban J connectivity index is 1.70. The molecule has 338 valence electrons. The molecule has 1 amide bonds. The van der Waals surface area contributed by atoms with Crippen LogP contribution < -0.4 is 30.0 Å². The Morgan fingerprint density at radius 2 is 1.34 bits per heavy atom. The molecule has 6 aromatic rings. The Morgan fingerprint density at radius 3 is 1.81 bits per heavy atom. The van der Waals surface area contributed by atoms with Gasteiger partial charge in [0.25, 0.3) is 0 Å². The van der Waals surface area contributed by atoms with Gasteiger partial charge in [-0.3, -0.25) is 0 Å². The summed E-state index contributed by atoms with van der Waals surface area (Å²) < 4.78 is 81.6. The summed E-state index contributed by atoms with van der Waals surface area (Å²) in [6, 6.07) is 24.5. The van der Waals surface area contributed by atoms with Crippen molar-refractivity contribution < 1.29 is 40.9 Å². The number of hydrogen-bond acceptors (Lipinski definition) is 13. The van der Waals surface area contributed by atoms with Gasteiger partial charge in [0.05, 0.1) is 33.4 Å². The molecule has 0 aliphatic rings. The molecular weight excluding hydrogens is 863 g/mol. The molecule has 0 aliphatic heterocycles. The van der Waals surface area contributed by atoms with E-state index in [1.165, 1.54) is 42.5 Å². The Bertz CT molecular complexity index is 2750. The number of nitrogens with zero attached hydrogens (tertiary/aromatic N) is 6. The summed E-state index contributed by atoms with van der Waals surface area (Å²) in [6.45, 7) is 6.27. The number of anilines is 1. The number of hydrogen-bond donors (Lipinski definition) is 4. The van der Waals surface area contributed by atoms with Gasteiger partial charge in [0.1, 0.15) is 32.9 Å². The van der Waals surface area contributed by atoms with Crippen LogP contribution in [0.15, 0.2) is 107 Å². The SMILES string of the molecule is COc1ccc(CN(Cc2ccc(OC)cc2)S(=O)(=O)c2c(S(=O)(=O)NCC(C)NC(=O)O)cc(C(C)(C)C)c(-c3ccc(N)nc3)c2-c2nnn(Cc3ccc(OC)cc3)n2)cc1. The normalized spacial score (nSPS) is 12.5. The quantitative estimate of drug-likeness (QED) is 0.0811. The van der Waals surface area contributed by atoms with Gasteiger partial charge in [0, 0.05) is 37.4 Å². The largest absolute Gasteiger partial charge is 0.497 e. The highest BCUT2D eigenvalue weighted by atomic mass is 32.2. The molecule has 6 rings (SSSR count). The van der Waals surface area contributed by atoms with Crippen LogP contribution in [0.5, 0.6) is 17.2 Å². The lowest BCUT2D eigenvalue weighted by Crippen LogP contribution is -2.41. The van der Waals surface area contributed by atoms with Crippen LogP contribution in [0.4, 0.5) is 10.6 Å². The summed E-state index contributed by atoms with van der Waals surface area (Å²) in [6.07, 6.45) is 0.102. The Labute approximate surface area is 372 Å². The molecule has 2 heterocycles. The van der Waals surface area contributed by atoms with E-state index >= 15 is 8.42 Å². The number of tetrazole rings is 1. The predicted octanol–water partition coefficient (Wildman–Crippen LogP) is 5.68. The number of methoxy groups -OCH3 is 3. The average molecular weight is 914 g/mol. The van der Waals surface area contributed by atoms with Crippen LogP contribution in [0.25, 0.3) is 22.5 Å². The topological polar surface area (TPSA) is 243 Å². The van der Waals surface area contributed by atoms with Crippen molar-refractivity contribution in [2.24, 2.45) is 0 Å². The monoisotopic (exact) mass is 913 g/mol. The Hall–Kier alpha value is -6.61. The maximum atomic E-state index is 16.1. The first-order valence-electron chi connectivity index (χ1n) is 19.9. The van der Waals surface area contributed by atoms with Crippen molar-refractivity contribution in [1.29, 1.82) is 0 Å². The molecule has 18 nitrogen and oxygen atoms in total. The number of rotatable bonds is 18. The third-order valence-corrected chi connectivity index (χ3v) is 13.6. The Morgan fingerprint density at radius 1 is 0.812 bits per heavy atom. The molecule has 0 fully saturated rings. The van der Waals surface area contributed by atoms with Crippen molar-refractivity contribution in [3.05, 3.63) is 119 Å². The molecule has 1 unspecified atom stereocenters. The van der Waals surface area contributed by atoms with E-state index < -0.39 is 53.9 Å². The van der Waals surface area contributed by atoms with E-state index in [1.807, 2.05) is 32.9 Å². The predicted molar refractivity (Wildman–Crippen MR) is 240 cm³/mol. The lowest BCUT2D eigenvalue weighted by atomic mass is 9.80. The highest BCUT2D eigenvalue weighted by Gasteiger charge is 2.40. The molecule has 0 radical (unpaired) electrons. The number of carboxylic acid groups (broad SMARTS) is 1. The lowest BCUT2D eigenvalue weighted by molar-refractivity contribution is 0.191. The number of nitrogens with one attached hydrogen (secondary N) is 2. The van der Waals surface area contributed by atoms with E-state index in [0.29, 0.717) is 39.5 Å². The number of ether oxygens (including phenoxy) is 3. The highest BCUT2D eigenvalue weighted by Crippen LogP contribution is 2.47. The number of nitrogens with two attached hydrogens (primary N) is 1. The van der Waals surface area contributed by atoms with Gasteiger partial charge in [-0.05, 0) is 100.0 Å². The van der Waals surface area contributed by atoms with E-state index in [-0.39, 0.29) is 42.4 Å². The summed E-state index contributed by atoms with van der Waals surface area (Å²) in [4.78, 5) is 15.9. The van der Waals surface area contributed by atoms with Crippen molar-refractivity contribution in [2.45, 2.75) is 68.6 Å². The number of sulfonamides is 2. The summed E-state index contributed by atoms with van der Waals surface area (Å²) in [5.74, 6) is 1.72. The Kier molecular flexibility index (Phi) is 14.2. The minimum Gasteiger partial charge on any atom is -0.497 e. The highest BCUT2D eigenvalue weighted by molar-refractivity contribution is 7.92. The van der Waals surface area contributed by atoms with Crippen LogP contribution in [0.3, 0.4) is 0 Å². The maximum Gasteiger partial charge on any atom is 0.404 e. The molecule has 0 bridgehead atoms. The van der Waals surface area contributed by atoms with Gasteiger partial charge in [-0.25, -0.2) is 31.3 Å². The van der Waals surface area contributed by atoms with Crippen LogP contribution in [0.1, 0.15) is 49.9 Å². The van der Waals surface area contributed by atoms with Gasteiger partial charge in [-0.1, -0.05) is 57.2 Å². The molecular formula is C44H51N9O9S2. The van der Waals surface area contributed by atoms with E-state index in [9.17, 15) is 18.3 Å². The molecule has 0 saturated carbocycles. The average Bonchev–Trinajstić information content (AvgIpc) is 3.73. The zero-order valence-electron chi connectivity index (χ0n) is 36.4. The molecule has 2 aromatic heterocycles. The first-order chi connectivity index (χ1) is 30.3. The third-order valence-electron chi connectivity index (χ3n) is 10.2. The van der Waals surface area contributed by atoms with E-state index in [2.05, 4.69) is 25.3 Å². The van der Waals surface area contributed by atoms with E-state index in [1.54, 1.807) is 79.9 Å². The standard InChI is InChI=1S/C44H51N9O9S2/c1-28(48-43(54)55)23-47-63(56,57)37-22-36(44(2,3)4)39(32-14-21-38(45)46-24-32)40(42-49-51-53(50-42)27-31-12-19-35(62-7)20-13-31)41(37)64(58,59)52(25-29-8-15-33(60-5)16-9-29)26-30-10-17-34(61-6)18-11-30/h8-22,24,28,47-48H,23,25-27H2,1-7H3,(H2,45,46)(H,54,55). The summed E-state index contributed by atoms with van der Waals surface area (Å²) in [5, 5.41) is 25.1. The van der Waals surface area contributed by atoms with Gasteiger partial charge in [0.2, 0.25) is 25.9 Å². The maximum absolute atomic E-state index is 16.1. The van der Waals surface area contributed by atoms with Crippen LogP contribution in [-0.4, -0.2) is 91.4 Å². The van der Waals surface area contributed by atoms with Gasteiger partial charge in [-0.2, -0.15) is 9.10 Å². The molecule has 0 saturated heterocycles. The first-order valence-corrected chi connectivity index (χ1v) is 22.8. The second-order valence-corrected chi connectivity index (χ2v) is 19.5. The number of pyridine rings is 1. The third kappa shape index (κ3) is 10.9. The van der Waals surface area contributed by atoms with Crippen molar-refractivity contribution in [3.63, 3.8) is 0 Å². The minimum absolute atomic E-state index is 0.110. The van der Waals surface area contributed by atoms with Crippen LogP contribution in [0.2, 0.25) is 0 Å². The lowest BCUT2D eigenvalue weighted by Gasteiger charge is -2.30. The van der Waals surface area contributed by atoms with Crippen molar-refractivity contribution >= 4 is 32.0 Å². The fraction of sp³-hybridized carbons (Fsp3) is 0.295. The van der Waals surface area contributed by atoms with Crippen LogP contribution in [0, 0.1) is 0 Å².